The van der Waals surface area contributed by atoms with E-state index in [2.05, 4.69) is 13.1 Å². The summed E-state index contributed by atoms with van der Waals surface area (Å²) in [7, 11) is 2.52. The van der Waals surface area contributed by atoms with Gasteiger partial charge in [-0.1, -0.05) is 12.1 Å². The lowest BCUT2D eigenvalue weighted by atomic mass is 10.2. The molecule has 1 radical (unpaired) electrons. The van der Waals surface area contributed by atoms with Crippen LogP contribution in [0.1, 0.15) is 11.9 Å². The van der Waals surface area contributed by atoms with Crippen LogP contribution in [-0.4, -0.2) is 23.3 Å². The average Bonchev–Trinajstić information content (AvgIpc) is 2.19. The zero-order chi connectivity index (χ0) is 11.3. The number of hydrogen-bond acceptors (Lipinski definition) is 3. The Hall–Kier alpha value is -0.843. The molecule has 83 valence electrons. The van der Waals surface area contributed by atoms with Gasteiger partial charge in [0.2, 0.25) is 0 Å². The van der Waals surface area contributed by atoms with E-state index >= 15 is 0 Å². The van der Waals surface area contributed by atoms with Crippen LogP contribution in [-0.2, 0) is 9.47 Å². The Balaban J connectivity index is 2.81. The topological polar surface area (TPSA) is 27.7 Å². The molecule has 4 heteroatoms. The van der Waals surface area contributed by atoms with Crippen molar-refractivity contribution < 1.29 is 13.9 Å². The summed E-state index contributed by atoms with van der Waals surface area (Å²) in [4.78, 5) is 0. The van der Waals surface area contributed by atoms with Gasteiger partial charge in [-0.3, -0.25) is 0 Å². The molecule has 0 heterocycles. The summed E-state index contributed by atoms with van der Waals surface area (Å²) in [6, 6.07) is 7.81. The molecule has 0 aliphatic carbocycles. The first-order valence-corrected chi connectivity index (χ1v) is 7.21. The van der Waals surface area contributed by atoms with E-state index in [0.717, 1.165) is 11.3 Å². The van der Waals surface area contributed by atoms with Crippen molar-refractivity contribution >= 4 is 9.04 Å². The van der Waals surface area contributed by atoms with E-state index in [4.69, 9.17) is 13.9 Å². The summed E-state index contributed by atoms with van der Waals surface area (Å²) in [6.07, 6.45) is -0.321. The highest BCUT2D eigenvalue weighted by atomic mass is 28.3. The van der Waals surface area contributed by atoms with Crippen molar-refractivity contribution in [3.63, 3.8) is 0 Å². The van der Waals surface area contributed by atoms with Gasteiger partial charge in [0, 0.05) is 19.8 Å². The molecular formula is C11H17O3Si. The van der Waals surface area contributed by atoms with E-state index in [-0.39, 0.29) is 6.29 Å². The van der Waals surface area contributed by atoms with Gasteiger partial charge >= 0.3 is 0 Å². The molecule has 0 aliphatic rings. The molecule has 0 N–H and O–H groups in total. The van der Waals surface area contributed by atoms with Crippen molar-refractivity contribution in [2.75, 3.05) is 14.2 Å². The highest BCUT2D eigenvalue weighted by Gasteiger charge is 2.09. The van der Waals surface area contributed by atoms with Crippen molar-refractivity contribution in [3.8, 4) is 5.75 Å². The lowest BCUT2D eigenvalue weighted by Crippen LogP contribution is -2.11. The van der Waals surface area contributed by atoms with Crippen molar-refractivity contribution in [2.45, 2.75) is 19.4 Å². The van der Waals surface area contributed by atoms with Gasteiger partial charge in [-0.25, -0.2) is 0 Å². The minimum Gasteiger partial charge on any atom is -0.543 e. The van der Waals surface area contributed by atoms with Crippen LogP contribution < -0.4 is 4.43 Å². The summed E-state index contributed by atoms with van der Waals surface area (Å²) >= 11 is 0. The monoisotopic (exact) mass is 225 g/mol. The molecule has 0 saturated carbocycles. The Bertz CT molecular complexity index is 298. The molecule has 0 bridgehead atoms. The van der Waals surface area contributed by atoms with Crippen LogP contribution in [0.3, 0.4) is 0 Å². The van der Waals surface area contributed by atoms with Crippen LogP contribution in [0.15, 0.2) is 24.3 Å². The van der Waals surface area contributed by atoms with Crippen molar-refractivity contribution in [1.29, 1.82) is 0 Å². The minimum absolute atomic E-state index is 0.321. The number of ether oxygens (including phenoxy) is 2. The fourth-order valence-electron chi connectivity index (χ4n) is 1.33. The zero-order valence-electron chi connectivity index (χ0n) is 9.61. The molecule has 0 aromatic heterocycles. The first-order valence-electron chi connectivity index (χ1n) is 4.81. The van der Waals surface area contributed by atoms with Gasteiger partial charge < -0.3 is 13.9 Å². The third-order valence-corrected chi connectivity index (χ3v) is 2.52. The second-order valence-corrected chi connectivity index (χ2v) is 5.41. The average molecular weight is 225 g/mol. The molecule has 1 aromatic rings. The second kappa shape index (κ2) is 5.90. The van der Waals surface area contributed by atoms with Crippen molar-refractivity contribution in [1.82, 2.24) is 0 Å². The number of methoxy groups -OCH3 is 2. The first kappa shape index (κ1) is 12.2. The van der Waals surface area contributed by atoms with Gasteiger partial charge in [-0.15, -0.1) is 0 Å². The lowest BCUT2D eigenvalue weighted by Gasteiger charge is -2.15. The molecule has 0 amide bonds. The Kier molecular flexibility index (Phi) is 4.81. The summed E-state index contributed by atoms with van der Waals surface area (Å²) in [5.41, 5.74) is 0.973. The predicted molar refractivity (Wildman–Crippen MR) is 61.3 cm³/mol. The van der Waals surface area contributed by atoms with Gasteiger partial charge in [0.1, 0.15) is 5.75 Å². The van der Waals surface area contributed by atoms with E-state index in [9.17, 15) is 0 Å². The smallest absolute Gasteiger partial charge is 0.274 e. The SMILES string of the molecule is COC(OC)c1cccc(O[Si](C)C)c1. The van der Waals surface area contributed by atoms with Crippen LogP contribution in [0.4, 0.5) is 0 Å². The van der Waals surface area contributed by atoms with Gasteiger partial charge in [-0.2, -0.15) is 0 Å². The van der Waals surface area contributed by atoms with Gasteiger partial charge in [0.05, 0.1) is 0 Å². The normalized spacial score (nSPS) is 11.1. The van der Waals surface area contributed by atoms with Gasteiger partial charge in [-0.05, 0) is 25.2 Å². The Morgan fingerprint density at radius 2 is 1.80 bits per heavy atom. The lowest BCUT2D eigenvalue weighted by molar-refractivity contribution is -0.106. The van der Waals surface area contributed by atoms with E-state index in [1.54, 1.807) is 14.2 Å². The zero-order valence-corrected chi connectivity index (χ0v) is 10.6. The second-order valence-electron chi connectivity index (χ2n) is 3.39. The summed E-state index contributed by atoms with van der Waals surface area (Å²) in [5, 5.41) is 0. The third kappa shape index (κ3) is 3.66. The van der Waals surface area contributed by atoms with Crippen LogP contribution in [0.25, 0.3) is 0 Å². The highest BCUT2D eigenvalue weighted by Crippen LogP contribution is 2.22. The van der Waals surface area contributed by atoms with Crippen LogP contribution in [0.5, 0.6) is 5.75 Å². The maximum Gasteiger partial charge on any atom is 0.274 e. The maximum atomic E-state index is 5.68. The first-order chi connectivity index (χ1) is 7.17. The molecule has 0 saturated heterocycles. The van der Waals surface area contributed by atoms with E-state index in [1.165, 1.54) is 0 Å². The van der Waals surface area contributed by atoms with Gasteiger partial charge in [0.25, 0.3) is 9.04 Å². The largest absolute Gasteiger partial charge is 0.543 e. The molecule has 0 spiro atoms. The molecule has 3 nitrogen and oxygen atoms in total. The molecule has 1 rings (SSSR count). The van der Waals surface area contributed by atoms with E-state index < -0.39 is 9.04 Å². The quantitative estimate of drug-likeness (QED) is 0.569. The molecule has 15 heavy (non-hydrogen) atoms. The fourth-order valence-corrected chi connectivity index (χ4v) is 1.93. The Morgan fingerprint density at radius 3 is 2.33 bits per heavy atom. The molecule has 1 aromatic carbocycles. The minimum atomic E-state index is -0.724. The maximum absolute atomic E-state index is 5.68. The van der Waals surface area contributed by atoms with Crippen molar-refractivity contribution in [2.24, 2.45) is 0 Å². The van der Waals surface area contributed by atoms with E-state index in [1.807, 2.05) is 24.3 Å². The van der Waals surface area contributed by atoms with Crippen LogP contribution in [0, 0.1) is 0 Å². The predicted octanol–water partition coefficient (Wildman–Crippen LogP) is 2.61. The Labute approximate surface area is 92.7 Å². The summed E-state index contributed by atoms with van der Waals surface area (Å²) in [5.74, 6) is 0.880. The Morgan fingerprint density at radius 1 is 1.13 bits per heavy atom. The molecule has 0 unspecified atom stereocenters. The van der Waals surface area contributed by atoms with Crippen LogP contribution >= 0.6 is 0 Å². The summed E-state index contributed by atoms with van der Waals surface area (Å²) in [6.45, 7) is 4.20. The standard InChI is InChI=1S/C11H17O3Si/c1-12-11(13-2)9-6-5-7-10(8-9)14-15(3)4/h5-8,11H,1-4H3. The molecule has 0 aliphatic heterocycles. The number of benzene rings is 1. The van der Waals surface area contributed by atoms with E-state index in [0.29, 0.717) is 0 Å². The van der Waals surface area contributed by atoms with Gasteiger partial charge in [0.15, 0.2) is 6.29 Å². The number of hydrogen-bond donors (Lipinski definition) is 0. The van der Waals surface area contributed by atoms with Crippen LogP contribution in [0.2, 0.25) is 13.1 Å². The number of rotatable bonds is 5. The highest BCUT2D eigenvalue weighted by molar-refractivity contribution is 6.49. The summed E-state index contributed by atoms with van der Waals surface area (Å²) < 4.78 is 16.0. The third-order valence-electron chi connectivity index (χ3n) is 1.88. The molecule has 0 atom stereocenters. The van der Waals surface area contributed by atoms with Crippen molar-refractivity contribution in [3.05, 3.63) is 29.8 Å². The molecular weight excluding hydrogens is 208 g/mol. The fraction of sp³-hybridized carbons (Fsp3) is 0.455. The molecule has 0 fully saturated rings.